The Kier molecular flexibility index (Phi) is 6.91. The molecule has 0 aliphatic heterocycles. The fourth-order valence-corrected chi connectivity index (χ4v) is 0.678. The molecule has 0 saturated heterocycles. The van der Waals surface area contributed by atoms with Gasteiger partial charge < -0.3 is 0 Å². The predicted molar refractivity (Wildman–Crippen MR) is 40.4 cm³/mol. The minimum Gasteiger partial charge on any atom is -0.265 e. The van der Waals surface area contributed by atoms with Crippen LogP contribution < -0.4 is 14.0 Å². The summed E-state index contributed by atoms with van der Waals surface area (Å²) in [7, 11) is -4.26. The summed E-state index contributed by atoms with van der Waals surface area (Å²) in [6.07, 6.45) is 4.67. The number of rotatable bonds is 3. The van der Waals surface area contributed by atoms with Gasteiger partial charge in [0.05, 0.1) is 14.5 Å². The molecule has 14 heavy (non-hydrogen) atoms. The lowest BCUT2D eigenvalue weighted by Crippen LogP contribution is -2.60. The van der Waals surface area contributed by atoms with Crippen molar-refractivity contribution in [3.8, 4) is 0 Å². The zero-order valence-corrected chi connectivity index (χ0v) is 8.09. The largest absolute Gasteiger partial charge is 0.265 e. The monoisotopic (exact) mass is 219 g/mol. The molecule has 0 aliphatic rings. The van der Waals surface area contributed by atoms with Gasteiger partial charge in [-0.3, -0.25) is 4.98 Å². The maximum absolute atomic E-state index is 9.54. The van der Waals surface area contributed by atoms with Crippen molar-refractivity contribution in [2.75, 3.05) is 6.61 Å². The number of hydrogen-bond acceptors (Lipinski definition) is 5. The standard InChI is InChI=1S/C5H5N.C3H5ClO4/c1-2-4-6-5-3-1;1-2-3-8-4(5,6)7/h1-5H;2H,1,3H2. The SMILES string of the molecule is C=CCO[Cl+3]([O-])([O-])[O-].c1ccncc1. The normalized spacial score (nSPS) is 9.93. The molecule has 1 aromatic rings. The van der Waals surface area contributed by atoms with Gasteiger partial charge in [0.1, 0.15) is 0 Å². The molecule has 0 spiro atoms. The third-order valence-electron chi connectivity index (χ3n) is 0.881. The first-order chi connectivity index (χ1) is 6.56. The summed E-state index contributed by atoms with van der Waals surface area (Å²) in [5.41, 5.74) is 0. The Bertz CT molecular complexity index is 210. The molecular formula is C8H10ClNO4. The van der Waals surface area contributed by atoms with Gasteiger partial charge in [-0.15, -0.1) is 6.58 Å². The van der Waals surface area contributed by atoms with Crippen LogP contribution >= 0.6 is 0 Å². The van der Waals surface area contributed by atoms with E-state index < -0.39 is 10.2 Å². The van der Waals surface area contributed by atoms with Crippen LogP contribution in [-0.4, -0.2) is 11.6 Å². The number of halogens is 1. The lowest BCUT2D eigenvalue weighted by Gasteiger charge is -2.10. The second kappa shape index (κ2) is 7.43. The number of pyridine rings is 1. The lowest BCUT2D eigenvalue weighted by atomic mass is 10.5. The summed E-state index contributed by atoms with van der Waals surface area (Å²) < 4.78 is 32.3. The van der Waals surface area contributed by atoms with Crippen molar-refractivity contribution in [3.05, 3.63) is 43.2 Å². The predicted octanol–water partition coefficient (Wildman–Crippen LogP) is -1.83. The van der Waals surface area contributed by atoms with Crippen molar-refractivity contribution in [2.45, 2.75) is 0 Å². The third kappa shape index (κ3) is 11.0. The van der Waals surface area contributed by atoms with Gasteiger partial charge in [0.15, 0.2) is 0 Å². The Morgan fingerprint density at radius 1 is 1.21 bits per heavy atom. The number of nitrogens with zero attached hydrogens (tertiary/aromatic N) is 1. The average molecular weight is 220 g/mol. The fraction of sp³-hybridized carbons (Fsp3) is 0.125. The summed E-state index contributed by atoms with van der Waals surface area (Å²) in [6, 6.07) is 5.72. The third-order valence-corrected chi connectivity index (χ3v) is 1.27. The first kappa shape index (κ1) is 13.0. The van der Waals surface area contributed by atoms with Crippen LogP contribution in [0.5, 0.6) is 0 Å². The highest BCUT2D eigenvalue weighted by atomic mass is 35.7. The van der Waals surface area contributed by atoms with Gasteiger partial charge in [-0.2, -0.15) is 14.0 Å². The summed E-state index contributed by atoms with van der Waals surface area (Å²) >= 11 is 0. The summed E-state index contributed by atoms with van der Waals surface area (Å²) in [5.74, 6) is 0. The van der Waals surface area contributed by atoms with Crippen LogP contribution in [0.1, 0.15) is 0 Å². The Hall–Kier alpha value is -0.980. The van der Waals surface area contributed by atoms with Crippen molar-refractivity contribution < 1.29 is 28.5 Å². The number of hydrogen-bond donors (Lipinski definition) is 0. The zero-order valence-electron chi connectivity index (χ0n) is 7.34. The van der Waals surface area contributed by atoms with Gasteiger partial charge >= 0.3 is 0 Å². The highest BCUT2D eigenvalue weighted by Gasteiger charge is 2.13. The lowest BCUT2D eigenvalue weighted by molar-refractivity contribution is -1.92. The van der Waals surface area contributed by atoms with E-state index in [1.54, 1.807) is 12.4 Å². The molecule has 0 saturated carbocycles. The summed E-state index contributed by atoms with van der Waals surface area (Å²) in [6.45, 7) is 2.86. The van der Waals surface area contributed by atoms with Crippen molar-refractivity contribution in [2.24, 2.45) is 0 Å². The molecule has 0 radical (unpaired) electrons. The molecule has 0 amide bonds. The molecular weight excluding hydrogens is 210 g/mol. The van der Waals surface area contributed by atoms with E-state index in [0.29, 0.717) is 0 Å². The molecule has 0 unspecified atom stereocenters. The van der Waals surface area contributed by atoms with Crippen LogP contribution in [0.25, 0.3) is 0 Å². The Morgan fingerprint density at radius 3 is 1.93 bits per heavy atom. The van der Waals surface area contributed by atoms with E-state index in [4.69, 9.17) is 0 Å². The van der Waals surface area contributed by atoms with Gasteiger partial charge in [-0.1, -0.05) is 6.07 Å². The van der Waals surface area contributed by atoms with E-state index in [0.717, 1.165) is 0 Å². The highest BCUT2D eigenvalue weighted by molar-refractivity contribution is 4.88. The van der Waals surface area contributed by atoms with Gasteiger partial charge in [0.25, 0.3) is 0 Å². The summed E-state index contributed by atoms with van der Waals surface area (Å²) in [4.78, 5) is 3.78. The number of aromatic nitrogens is 1. The molecule has 1 rings (SSSR count). The van der Waals surface area contributed by atoms with Gasteiger partial charge in [0, 0.05) is 12.4 Å². The maximum Gasteiger partial charge on any atom is 0.221 e. The highest BCUT2D eigenvalue weighted by Crippen LogP contribution is 1.85. The molecule has 0 N–H and O–H groups in total. The van der Waals surface area contributed by atoms with Crippen LogP contribution in [0.4, 0.5) is 0 Å². The Labute approximate surface area is 84.0 Å². The Balaban J connectivity index is 0.000000249. The van der Waals surface area contributed by atoms with E-state index in [-0.39, 0.29) is 6.61 Å². The van der Waals surface area contributed by atoms with Crippen LogP contribution in [-0.2, 0) is 4.29 Å². The van der Waals surface area contributed by atoms with Gasteiger partial charge in [-0.25, -0.2) is 0 Å². The molecule has 0 aromatic carbocycles. The average Bonchev–Trinajstić information content (AvgIpc) is 2.17. The van der Waals surface area contributed by atoms with E-state index in [2.05, 4.69) is 15.9 Å². The van der Waals surface area contributed by atoms with Crippen LogP contribution in [0, 0.1) is 10.2 Å². The molecule has 0 bridgehead atoms. The molecule has 0 fully saturated rings. The van der Waals surface area contributed by atoms with Gasteiger partial charge in [-0.05, 0) is 18.2 Å². The van der Waals surface area contributed by atoms with E-state index in [1.807, 2.05) is 18.2 Å². The van der Waals surface area contributed by atoms with Gasteiger partial charge in [0.2, 0.25) is 6.61 Å². The first-order valence-electron chi connectivity index (χ1n) is 3.57. The fourth-order valence-electron chi connectivity index (χ4n) is 0.434. The topological polar surface area (TPSA) is 91.3 Å². The van der Waals surface area contributed by atoms with Crippen LogP contribution in [0.15, 0.2) is 43.2 Å². The molecule has 0 atom stereocenters. The molecule has 0 aliphatic carbocycles. The van der Waals surface area contributed by atoms with Crippen molar-refractivity contribution in [1.82, 2.24) is 4.98 Å². The minimum absolute atomic E-state index is 0.270. The minimum atomic E-state index is -4.26. The molecule has 6 heteroatoms. The maximum atomic E-state index is 9.54. The van der Waals surface area contributed by atoms with E-state index in [9.17, 15) is 14.0 Å². The van der Waals surface area contributed by atoms with Crippen molar-refractivity contribution >= 4 is 0 Å². The second-order valence-corrected chi connectivity index (χ2v) is 2.94. The molecule has 5 nitrogen and oxygen atoms in total. The van der Waals surface area contributed by atoms with E-state index >= 15 is 0 Å². The molecule has 1 heterocycles. The van der Waals surface area contributed by atoms with Crippen molar-refractivity contribution in [3.63, 3.8) is 0 Å². The molecule has 1 aromatic heterocycles. The Morgan fingerprint density at radius 2 is 1.79 bits per heavy atom. The van der Waals surface area contributed by atoms with E-state index in [1.165, 1.54) is 6.08 Å². The first-order valence-corrected chi connectivity index (χ1v) is 4.81. The summed E-state index contributed by atoms with van der Waals surface area (Å²) in [5, 5.41) is 0. The van der Waals surface area contributed by atoms with Crippen LogP contribution in [0.2, 0.25) is 0 Å². The molecule has 78 valence electrons. The quantitative estimate of drug-likeness (QED) is 0.558. The smallest absolute Gasteiger partial charge is 0.221 e. The second-order valence-electron chi connectivity index (χ2n) is 1.97. The van der Waals surface area contributed by atoms with Crippen molar-refractivity contribution in [1.29, 1.82) is 0 Å². The zero-order chi connectivity index (χ0) is 10.9. The van der Waals surface area contributed by atoms with Crippen LogP contribution in [0.3, 0.4) is 0 Å².